The number of piperidine rings is 1. The van der Waals surface area contributed by atoms with Crippen molar-refractivity contribution in [1.82, 2.24) is 15.5 Å². The van der Waals surface area contributed by atoms with Crippen LogP contribution in [0.4, 0.5) is 4.79 Å². The number of amides is 3. The van der Waals surface area contributed by atoms with E-state index in [9.17, 15) is 14.4 Å². The number of rotatable bonds is 4. The average molecular weight is 281 g/mol. The molecule has 0 aromatic rings. The molecule has 1 saturated heterocycles. The van der Waals surface area contributed by atoms with Gasteiger partial charge in [0.15, 0.2) is 0 Å². The highest BCUT2D eigenvalue weighted by atomic mass is 16.2. The first kappa shape index (κ1) is 15.0. The van der Waals surface area contributed by atoms with Gasteiger partial charge in [-0.2, -0.15) is 0 Å². The van der Waals surface area contributed by atoms with Crippen molar-refractivity contribution in [3.8, 4) is 0 Å². The minimum atomic E-state index is -0.385. The second-order valence-electron chi connectivity index (χ2n) is 5.75. The summed E-state index contributed by atoms with van der Waals surface area (Å²) in [4.78, 5) is 36.0. The van der Waals surface area contributed by atoms with Gasteiger partial charge in [-0.1, -0.05) is 12.8 Å². The van der Waals surface area contributed by atoms with Crippen LogP contribution in [0.5, 0.6) is 0 Å². The number of hydrogen-bond acceptors (Lipinski definition) is 4. The van der Waals surface area contributed by atoms with Gasteiger partial charge in [0, 0.05) is 12.0 Å². The summed E-state index contributed by atoms with van der Waals surface area (Å²) in [6.45, 7) is 1.70. The maximum atomic E-state index is 11.8. The lowest BCUT2D eigenvalue weighted by Crippen LogP contribution is -2.48. The molecule has 2 rings (SSSR count). The predicted molar refractivity (Wildman–Crippen MR) is 74.2 cm³/mol. The molecule has 112 valence electrons. The zero-order chi connectivity index (χ0) is 14.4. The molecule has 0 atom stereocenters. The number of carbonyl (C=O) groups is 3. The summed E-state index contributed by atoms with van der Waals surface area (Å²) in [5.41, 5.74) is 0. The minimum absolute atomic E-state index is 0.125. The van der Waals surface area contributed by atoms with E-state index >= 15 is 0 Å². The molecule has 0 aromatic carbocycles. The Labute approximate surface area is 119 Å². The fourth-order valence-corrected chi connectivity index (χ4v) is 2.91. The Kier molecular flexibility index (Phi) is 5.52. The van der Waals surface area contributed by atoms with Crippen LogP contribution >= 0.6 is 0 Å². The zero-order valence-electron chi connectivity index (χ0n) is 11.8. The van der Waals surface area contributed by atoms with Crippen LogP contribution in [0.1, 0.15) is 38.5 Å². The third kappa shape index (κ3) is 4.59. The molecule has 6 heteroatoms. The molecule has 0 radical (unpaired) electrons. The molecule has 0 bridgehead atoms. The fourth-order valence-electron chi connectivity index (χ4n) is 2.91. The second-order valence-corrected chi connectivity index (χ2v) is 5.75. The normalized spacial score (nSPS) is 21.6. The van der Waals surface area contributed by atoms with Gasteiger partial charge in [0.1, 0.15) is 6.29 Å². The number of aldehydes is 1. The van der Waals surface area contributed by atoms with Crippen molar-refractivity contribution in [1.29, 1.82) is 0 Å². The van der Waals surface area contributed by atoms with Crippen molar-refractivity contribution < 1.29 is 14.4 Å². The van der Waals surface area contributed by atoms with Crippen LogP contribution in [0.3, 0.4) is 0 Å². The van der Waals surface area contributed by atoms with Gasteiger partial charge >= 0.3 is 6.03 Å². The maximum absolute atomic E-state index is 11.8. The highest BCUT2D eigenvalue weighted by molar-refractivity contribution is 5.95. The summed E-state index contributed by atoms with van der Waals surface area (Å²) in [5, 5.41) is 5.21. The Morgan fingerprint density at radius 1 is 1.10 bits per heavy atom. The van der Waals surface area contributed by atoms with E-state index in [4.69, 9.17) is 0 Å². The van der Waals surface area contributed by atoms with E-state index in [1.165, 1.54) is 0 Å². The monoisotopic (exact) mass is 281 g/mol. The van der Waals surface area contributed by atoms with E-state index in [2.05, 4.69) is 10.6 Å². The van der Waals surface area contributed by atoms with Gasteiger partial charge in [0.25, 0.3) is 0 Å². The van der Waals surface area contributed by atoms with Gasteiger partial charge in [-0.15, -0.1) is 0 Å². The zero-order valence-corrected chi connectivity index (χ0v) is 11.8. The Hall–Kier alpha value is -1.43. The Bertz CT molecular complexity index is 359. The molecular formula is C14H23N3O3. The van der Waals surface area contributed by atoms with Gasteiger partial charge < -0.3 is 10.1 Å². The Balaban J connectivity index is 1.64. The standard InChI is InChI=1S/C14H23N3O3/c18-10-11-5-7-17(8-6-11)9-13(19)16-14(20)15-12-3-1-2-4-12/h10-12H,1-9H2,(H2,15,16,19,20). The van der Waals surface area contributed by atoms with Crippen molar-refractivity contribution in [2.75, 3.05) is 19.6 Å². The fraction of sp³-hybridized carbons (Fsp3) is 0.786. The molecule has 20 heavy (non-hydrogen) atoms. The summed E-state index contributed by atoms with van der Waals surface area (Å²) in [5.74, 6) is -0.148. The first-order valence-electron chi connectivity index (χ1n) is 7.45. The maximum Gasteiger partial charge on any atom is 0.321 e. The molecular weight excluding hydrogens is 258 g/mol. The van der Waals surface area contributed by atoms with Crippen LogP contribution in [0, 0.1) is 5.92 Å². The Morgan fingerprint density at radius 2 is 1.75 bits per heavy atom. The van der Waals surface area contributed by atoms with Gasteiger partial charge in [0.2, 0.25) is 5.91 Å². The number of imide groups is 1. The number of hydrogen-bond donors (Lipinski definition) is 2. The molecule has 1 aliphatic carbocycles. The average Bonchev–Trinajstić information content (AvgIpc) is 2.92. The lowest BCUT2D eigenvalue weighted by molar-refractivity contribution is -0.121. The molecule has 6 nitrogen and oxygen atoms in total. The van der Waals surface area contributed by atoms with Gasteiger partial charge in [-0.3, -0.25) is 15.0 Å². The van der Waals surface area contributed by atoms with Gasteiger partial charge in [-0.25, -0.2) is 4.79 Å². The van der Waals surface area contributed by atoms with Gasteiger partial charge in [-0.05, 0) is 38.8 Å². The third-order valence-corrected chi connectivity index (χ3v) is 4.14. The molecule has 0 aromatic heterocycles. The predicted octanol–water partition coefficient (Wildman–Crippen LogP) is 0.666. The van der Waals surface area contributed by atoms with E-state index in [1.807, 2.05) is 4.90 Å². The van der Waals surface area contributed by atoms with Crippen molar-refractivity contribution >= 4 is 18.2 Å². The van der Waals surface area contributed by atoms with Crippen molar-refractivity contribution in [2.45, 2.75) is 44.6 Å². The highest BCUT2D eigenvalue weighted by Gasteiger charge is 2.22. The lowest BCUT2D eigenvalue weighted by Gasteiger charge is -2.28. The third-order valence-electron chi connectivity index (χ3n) is 4.14. The largest absolute Gasteiger partial charge is 0.335 e. The van der Waals surface area contributed by atoms with E-state index in [0.717, 1.165) is 57.9 Å². The molecule has 1 heterocycles. The van der Waals surface area contributed by atoms with Crippen molar-refractivity contribution in [3.63, 3.8) is 0 Å². The number of nitrogens with zero attached hydrogens (tertiary/aromatic N) is 1. The van der Waals surface area contributed by atoms with E-state index < -0.39 is 0 Å². The first-order chi connectivity index (χ1) is 9.67. The van der Waals surface area contributed by atoms with Crippen molar-refractivity contribution in [3.05, 3.63) is 0 Å². The number of nitrogens with one attached hydrogen (secondary N) is 2. The number of urea groups is 1. The topological polar surface area (TPSA) is 78.5 Å². The Morgan fingerprint density at radius 3 is 2.35 bits per heavy atom. The molecule has 3 amide bonds. The summed E-state index contributed by atoms with van der Waals surface area (Å²) in [7, 11) is 0. The molecule has 2 aliphatic rings. The summed E-state index contributed by atoms with van der Waals surface area (Å²) in [6, 6.07) is -0.171. The van der Waals surface area contributed by atoms with Crippen LogP contribution in [0.25, 0.3) is 0 Å². The quantitative estimate of drug-likeness (QED) is 0.742. The smallest absolute Gasteiger partial charge is 0.321 e. The van der Waals surface area contributed by atoms with E-state index in [0.29, 0.717) is 0 Å². The van der Waals surface area contributed by atoms with Crippen LogP contribution < -0.4 is 10.6 Å². The van der Waals surface area contributed by atoms with E-state index in [1.54, 1.807) is 0 Å². The molecule has 1 saturated carbocycles. The minimum Gasteiger partial charge on any atom is -0.335 e. The first-order valence-corrected chi connectivity index (χ1v) is 7.45. The van der Waals surface area contributed by atoms with Crippen LogP contribution in [-0.2, 0) is 9.59 Å². The number of likely N-dealkylation sites (tertiary alicyclic amines) is 1. The highest BCUT2D eigenvalue weighted by Crippen LogP contribution is 2.17. The van der Waals surface area contributed by atoms with Crippen molar-refractivity contribution in [2.24, 2.45) is 5.92 Å². The molecule has 0 unspecified atom stereocenters. The second kappa shape index (κ2) is 7.38. The number of carbonyl (C=O) groups excluding carboxylic acids is 3. The summed E-state index contributed by atoms with van der Waals surface area (Å²) >= 11 is 0. The molecule has 1 aliphatic heterocycles. The SMILES string of the molecule is O=CC1CCN(CC(=O)NC(=O)NC2CCCC2)CC1. The van der Waals surface area contributed by atoms with Crippen LogP contribution in [0.15, 0.2) is 0 Å². The van der Waals surface area contributed by atoms with Gasteiger partial charge in [0.05, 0.1) is 6.54 Å². The van der Waals surface area contributed by atoms with Crippen LogP contribution in [0.2, 0.25) is 0 Å². The lowest BCUT2D eigenvalue weighted by atomic mass is 9.99. The molecule has 2 N–H and O–H groups in total. The molecule has 2 fully saturated rings. The van der Waals surface area contributed by atoms with E-state index in [-0.39, 0.29) is 30.4 Å². The van der Waals surface area contributed by atoms with Crippen LogP contribution in [-0.4, -0.2) is 48.8 Å². The molecule has 0 spiro atoms. The summed E-state index contributed by atoms with van der Waals surface area (Å²) in [6.07, 6.45) is 6.87. The summed E-state index contributed by atoms with van der Waals surface area (Å²) < 4.78 is 0.